The Labute approximate surface area is 111 Å². The monoisotopic (exact) mass is 272 g/mol. The zero-order valence-electron chi connectivity index (χ0n) is 10.8. The Morgan fingerprint density at radius 1 is 0.895 bits per heavy atom. The van der Waals surface area contributed by atoms with Crippen LogP contribution in [0.1, 0.15) is 5.56 Å². The van der Waals surface area contributed by atoms with Crippen molar-refractivity contribution in [2.75, 3.05) is 26.4 Å². The molecule has 0 spiro atoms. The van der Waals surface area contributed by atoms with E-state index in [0.29, 0.717) is 11.5 Å². The zero-order valence-corrected chi connectivity index (χ0v) is 10.8. The SMILES string of the molecule is Cc1cc(OCC(O)CO)cc(OCC(O)CO)c1. The summed E-state index contributed by atoms with van der Waals surface area (Å²) in [5.41, 5.74) is 0.893. The molecule has 6 nitrogen and oxygen atoms in total. The van der Waals surface area contributed by atoms with Crippen LogP contribution in [0.2, 0.25) is 0 Å². The van der Waals surface area contributed by atoms with E-state index in [1.54, 1.807) is 18.2 Å². The molecule has 0 aliphatic rings. The van der Waals surface area contributed by atoms with Crippen LogP contribution in [-0.4, -0.2) is 59.1 Å². The summed E-state index contributed by atoms with van der Waals surface area (Å²) in [6.07, 6.45) is -1.86. The van der Waals surface area contributed by atoms with Crippen molar-refractivity contribution in [3.8, 4) is 11.5 Å². The third-order valence-electron chi connectivity index (χ3n) is 2.33. The second kappa shape index (κ2) is 7.96. The van der Waals surface area contributed by atoms with Crippen molar-refractivity contribution in [3.63, 3.8) is 0 Å². The molecule has 0 fully saturated rings. The largest absolute Gasteiger partial charge is 0.491 e. The van der Waals surface area contributed by atoms with Gasteiger partial charge in [-0.3, -0.25) is 0 Å². The third kappa shape index (κ3) is 5.89. The second-order valence-corrected chi connectivity index (χ2v) is 4.28. The van der Waals surface area contributed by atoms with E-state index in [-0.39, 0.29) is 26.4 Å². The molecule has 0 heterocycles. The van der Waals surface area contributed by atoms with Crippen LogP contribution < -0.4 is 9.47 Å². The third-order valence-corrected chi connectivity index (χ3v) is 2.33. The molecule has 108 valence electrons. The number of benzene rings is 1. The van der Waals surface area contributed by atoms with Crippen LogP contribution in [0.15, 0.2) is 18.2 Å². The minimum atomic E-state index is -0.930. The van der Waals surface area contributed by atoms with Crippen LogP contribution in [0, 0.1) is 6.92 Å². The van der Waals surface area contributed by atoms with Crippen molar-refractivity contribution >= 4 is 0 Å². The average molecular weight is 272 g/mol. The van der Waals surface area contributed by atoms with Gasteiger partial charge in [-0.15, -0.1) is 0 Å². The number of aliphatic hydroxyl groups excluding tert-OH is 4. The molecule has 0 saturated heterocycles. The van der Waals surface area contributed by atoms with Gasteiger partial charge in [-0.2, -0.15) is 0 Å². The molecule has 0 aliphatic carbocycles. The van der Waals surface area contributed by atoms with Crippen molar-refractivity contribution in [2.45, 2.75) is 19.1 Å². The fourth-order valence-corrected chi connectivity index (χ4v) is 1.37. The lowest BCUT2D eigenvalue weighted by Gasteiger charge is -2.14. The first kappa shape index (κ1) is 15.7. The average Bonchev–Trinajstić information content (AvgIpc) is 2.41. The van der Waals surface area contributed by atoms with Gasteiger partial charge in [0.25, 0.3) is 0 Å². The summed E-state index contributed by atoms with van der Waals surface area (Å²) in [4.78, 5) is 0. The first-order chi connectivity index (χ1) is 9.05. The maximum Gasteiger partial charge on any atom is 0.123 e. The molecule has 0 saturated carbocycles. The Balaban J connectivity index is 2.60. The Kier molecular flexibility index (Phi) is 6.58. The summed E-state index contributed by atoms with van der Waals surface area (Å²) in [5, 5.41) is 35.8. The molecule has 4 N–H and O–H groups in total. The maximum atomic E-state index is 9.20. The normalized spacial score (nSPS) is 13.9. The number of aryl methyl sites for hydroxylation is 1. The van der Waals surface area contributed by atoms with E-state index in [9.17, 15) is 10.2 Å². The highest BCUT2D eigenvalue weighted by Crippen LogP contribution is 2.22. The van der Waals surface area contributed by atoms with Crippen LogP contribution in [0.3, 0.4) is 0 Å². The van der Waals surface area contributed by atoms with Gasteiger partial charge in [0.05, 0.1) is 13.2 Å². The summed E-state index contributed by atoms with van der Waals surface area (Å²) in [6.45, 7) is 1.09. The summed E-state index contributed by atoms with van der Waals surface area (Å²) in [6, 6.07) is 5.14. The lowest BCUT2D eigenvalue weighted by molar-refractivity contribution is 0.0512. The van der Waals surface area contributed by atoms with Gasteiger partial charge < -0.3 is 29.9 Å². The number of hydrogen-bond acceptors (Lipinski definition) is 6. The van der Waals surface area contributed by atoms with Gasteiger partial charge in [0.15, 0.2) is 0 Å². The van der Waals surface area contributed by atoms with Crippen molar-refractivity contribution in [1.29, 1.82) is 0 Å². The molecular weight excluding hydrogens is 252 g/mol. The Bertz CT molecular complexity index is 349. The van der Waals surface area contributed by atoms with Crippen molar-refractivity contribution in [2.24, 2.45) is 0 Å². The Morgan fingerprint density at radius 2 is 1.32 bits per heavy atom. The predicted molar refractivity (Wildman–Crippen MR) is 68.4 cm³/mol. The van der Waals surface area contributed by atoms with E-state index < -0.39 is 12.2 Å². The first-order valence-corrected chi connectivity index (χ1v) is 6.00. The summed E-state index contributed by atoms with van der Waals surface area (Å²) in [7, 11) is 0. The van der Waals surface area contributed by atoms with Crippen molar-refractivity contribution in [3.05, 3.63) is 23.8 Å². The molecule has 2 atom stereocenters. The van der Waals surface area contributed by atoms with Crippen LogP contribution >= 0.6 is 0 Å². The molecule has 0 aliphatic heterocycles. The molecule has 2 unspecified atom stereocenters. The highest BCUT2D eigenvalue weighted by atomic mass is 16.5. The van der Waals surface area contributed by atoms with Gasteiger partial charge in [-0.05, 0) is 24.6 Å². The van der Waals surface area contributed by atoms with Crippen LogP contribution in [0.25, 0.3) is 0 Å². The highest BCUT2D eigenvalue weighted by molar-refractivity contribution is 5.37. The summed E-state index contributed by atoms with van der Waals surface area (Å²) < 4.78 is 10.6. The Morgan fingerprint density at radius 3 is 1.68 bits per heavy atom. The minimum absolute atomic E-state index is 0.0152. The van der Waals surface area contributed by atoms with Gasteiger partial charge in [-0.25, -0.2) is 0 Å². The standard InChI is InChI=1S/C13H20O6/c1-9-2-12(18-7-10(16)5-14)4-13(3-9)19-8-11(17)6-15/h2-4,10-11,14-17H,5-8H2,1H3. The van der Waals surface area contributed by atoms with Crippen LogP contribution in [0.5, 0.6) is 11.5 Å². The molecule has 6 heteroatoms. The van der Waals surface area contributed by atoms with Gasteiger partial charge in [0.1, 0.15) is 36.9 Å². The molecule has 1 rings (SSSR count). The van der Waals surface area contributed by atoms with Crippen molar-refractivity contribution in [1.82, 2.24) is 0 Å². The predicted octanol–water partition coefficient (Wildman–Crippen LogP) is -0.541. The zero-order chi connectivity index (χ0) is 14.3. The molecule has 1 aromatic rings. The molecule has 0 bridgehead atoms. The van der Waals surface area contributed by atoms with Crippen molar-refractivity contribution < 1.29 is 29.9 Å². The summed E-state index contributed by atoms with van der Waals surface area (Å²) >= 11 is 0. The van der Waals surface area contributed by atoms with E-state index in [1.807, 2.05) is 6.92 Å². The maximum absolute atomic E-state index is 9.20. The quantitative estimate of drug-likeness (QED) is 0.507. The van der Waals surface area contributed by atoms with Crippen LogP contribution in [-0.2, 0) is 0 Å². The van der Waals surface area contributed by atoms with E-state index in [1.165, 1.54) is 0 Å². The molecule has 19 heavy (non-hydrogen) atoms. The number of aliphatic hydroxyl groups is 4. The van der Waals surface area contributed by atoms with Gasteiger partial charge in [0, 0.05) is 6.07 Å². The lowest BCUT2D eigenvalue weighted by Crippen LogP contribution is -2.22. The number of hydrogen-bond donors (Lipinski definition) is 4. The fourth-order valence-electron chi connectivity index (χ4n) is 1.37. The topological polar surface area (TPSA) is 99.4 Å². The summed E-state index contributed by atoms with van der Waals surface area (Å²) in [5.74, 6) is 1.00. The van der Waals surface area contributed by atoms with E-state index in [4.69, 9.17) is 19.7 Å². The van der Waals surface area contributed by atoms with E-state index in [2.05, 4.69) is 0 Å². The lowest BCUT2D eigenvalue weighted by atomic mass is 10.2. The first-order valence-electron chi connectivity index (χ1n) is 6.00. The number of rotatable bonds is 8. The van der Waals surface area contributed by atoms with E-state index in [0.717, 1.165) is 5.56 Å². The molecule has 0 radical (unpaired) electrons. The highest BCUT2D eigenvalue weighted by Gasteiger charge is 2.07. The number of ether oxygens (including phenoxy) is 2. The molecule has 0 amide bonds. The van der Waals surface area contributed by atoms with Crippen LogP contribution in [0.4, 0.5) is 0 Å². The molecular formula is C13H20O6. The second-order valence-electron chi connectivity index (χ2n) is 4.28. The van der Waals surface area contributed by atoms with E-state index >= 15 is 0 Å². The van der Waals surface area contributed by atoms with Gasteiger partial charge in [0.2, 0.25) is 0 Å². The minimum Gasteiger partial charge on any atom is -0.491 e. The Hall–Kier alpha value is -1.34. The molecule has 0 aromatic heterocycles. The fraction of sp³-hybridized carbons (Fsp3) is 0.538. The van der Waals surface area contributed by atoms with Gasteiger partial charge in [-0.1, -0.05) is 0 Å². The smallest absolute Gasteiger partial charge is 0.123 e. The van der Waals surface area contributed by atoms with Gasteiger partial charge >= 0.3 is 0 Å². The molecule has 1 aromatic carbocycles.